The largest absolute Gasteiger partial charge is 0.478 e. The number of aromatic amines is 1. The summed E-state index contributed by atoms with van der Waals surface area (Å²) < 4.78 is 0. The first-order chi connectivity index (χ1) is 7.25. The van der Waals surface area contributed by atoms with Crippen molar-refractivity contribution in [2.45, 2.75) is 6.42 Å². The third kappa shape index (κ3) is 2.26. The van der Waals surface area contributed by atoms with Gasteiger partial charge in [-0.2, -0.15) is 0 Å². The predicted molar refractivity (Wildman–Crippen MR) is 57.0 cm³/mol. The molecule has 0 atom stereocenters. The molecular weight excluding hydrogens is 190 g/mol. The molecular formula is C12H11NO2. The van der Waals surface area contributed by atoms with Crippen LogP contribution in [0, 0.1) is 0 Å². The van der Waals surface area contributed by atoms with Crippen LogP contribution < -0.4 is 0 Å². The average molecular weight is 201 g/mol. The van der Waals surface area contributed by atoms with Crippen LogP contribution in [0.5, 0.6) is 0 Å². The van der Waals surface area contributed by atoms with E-state index in [0.29, 0.717) is 5.56 Å². The minimum absolute atomic E-state index is 0.327. The number of rotatable bonds is 3. The van der Waals surface area contributed by atoms with Gasteiger partial charge in [-0.25, -0.2) is 4.79 Å². The molecule has 0 radical (unpaired) electrons. The summed E-state index contributed by atoms with van der Waals surface area (Å²) in [6, 6.07) is 8.95. The van der Waals surface area contributed by atoms with Gasteiger partial charge in [0.25, 0.3) is 0 Å². The number of hydrogen-bond acceptors (Lipinski definition) is 1. The summed E-state index contributed by atoms with van der Waals surface area (Å²) in [5.41, 5.74) is 2.63. The van der Waals surface area contributed by atoms with E-state index in [1.165, 1.54) is 5.56 Å². The third-order valence-electron chi connectivity index (χ3n) is 2.27. The molecule has 1 heterocycles. The Kier molecular flexibility index (Phi) is 2.54. The molecule has 2 N–H and O–H groups in total. The van der Waals surface area contributed by atoms with Crippen LogP contribution in [0.4, 0.5) is 0 Å². The maximum absolute atomic E-state index is 10.6. The number of aromatic carboxylic acids is 1. The van der Waals surface area contributed by atoms with E-state index in [-0.39, 0.29) is 0 Å². The summed E-state index contributed by atoms with van der Waals surface area (Å²) in [6.45, 7) is 0. The second-order valence-corrected chi connectivity index (χ2v) is 3.40. The molecule has 2 rings (SSSR count). The van der Waals surface area contributed by atoms with Gasteiger partial charge >= 0.3 is 5.97 Å². The highest BCUT2D eigenvalue weighted by Gasteiger charge is 2.02. The lowest BCUT2D eigenvalue weighted by Crippen LogP contribution is -1.96. The summed E-state index contributed by atoms with van der Waals surface area (Å²) in [5.74, 6) is -0.886. The molecule has 0 saturated heterocycles. The Labute approximate surface area is 87.4 Å². The zero-order valence-electron chi connectivity index (χ0n) is 8.10. The first-order valence-electron chi connectivity index (χ1n) is 4.69. The van der Waals surface area contributed by atoms with E-state index >= 15 is 0 Å². The number of carbonyl (C=O) groups is 1. The van der Waals surface area contributed by atoms with Gasteiger partial charge in [0.2, 0.25) is 0 Å². The number of nitrogens with one attached hydrogen (secondary N) is 1. The predicted octanol–water partition coefficient (Wildman–Crippen LogP) is 2.30. The Bertz CT molecular complexity index is 443. The molecule has 0 aliphatic rings. The van der Waals surface area contributed by atoms with Crippen molar-refractivity contribution < 1.29 is 9.90 Å². The Morgan fingerprint density at radius 3 is 2.40 bits per heavy atom. The van der Waals surface area contributed by atoms with Crippen molar-refractivity contribution in [2.24, 2.45) is 0 Å². The summed E-state index contributed by atoms with van der Waals surface area (Å²) in [5, 5.41) is 8.73. The Balaban J connectivity index is 2.14. The van der Waals surface area contributed by atoms with Gasteiger partial charge in [-0.15, -0.1) is 0 Å². The van der Waals surface area contributed by atoms with Crippen LogP contribution in [-0.2, 0) is 6.42 Å². The summed E-state index contributed by atoms with van der Waals surface area (Å²) >= 11 is 0. The van der Waals surface area contributed by atoms with E-state index in [1.807, 2.05) is 30.6 Å². The lowest BCUT2D eigenvalue weighted by atomic mass is 10.1. The second kappa shape index (κ2) is 4.00. The molecule has 0 unspecified atom stereocenters. The number of aromatic nitrogens is 1. The van der Waals surface area contributed by atoms with Crippen LogP contribution in [0.25, 0.3) is 0 Å². The molecule has 0 aliphatic heterocycles. The van der Waals surface area contributed by atoms with Gasteiger partial charge in [0, 0.05) is 12.4 Å². The smallest absolute Gasteiger partial charge is 0.335 e. The van der Waals surface area contributed by atoms with Crippen LogP contribution in [0.2, 0.25) is 0 Å². The first-order valence-corrected chi connectivity index (χ1v) is 4.69. The number of hydrogen-bond donors (Lipinski definition) is 2. The van der Waals surface area contributed by atoms with Crippen LogP contribution in [0.15, 0.2) is 42.7 Å². The number of carboxylic acid groups (broad SMARTS) is 1. The topological polar surface area (TPSA) is 53.1 Å². The van der Waals surface area contributed by atoms with Crippen LogP contribution >= 0.6 is 0 Å². The van der Waals surface area contributed by atoms with Gasteiger partial charge in [0.15, 0.2) is 0 Å². The highest BCUT2D eigenvalue weighted by molar-refractivity contribution is 5.87. The van der Waals surface area contributed by atoms with E-state index in [9.17, 15) is 4.79 Å². The number of benzene rings is 1. The molecule has 0 fully saturated rings. The van der Waals surface area contributed by atoms with Crippen LogP contribution in [0.3, 0.4) is 0 Å². The Morgan fingerprint density at radius 2 is 1.87 bits per heavy atom. The maximum atomic E-state index is 10.6. The van der Waals surface area contributed by atoms with Crippen LogP contribution in [0.1, 0.15) is 21.5 Å². The van der Waals surface area contributed by atoms with Gasteiger partial charge in [0.1, 0.15) is 0 Å². The average Bonchev–Trinajstić information content (AvgIpc) is 2.71. The molecule has 1 aromatic heterocycles. The molecule has 76 valence electrons. The van der Waals surface area contributed by atoms with Gasteiger partial charge in [0.05, 0.1) is 5.56 Å². The SMILES string of the molecule is O=C(O)c1ccc(Cc2cc[nH]c2)cc1. The van der Waals surface area contributed by atoms with E-state index < -0.39 is 5.97 Å². The normalized spacial score (nSPS) is 10.1. The van der Waals surface area contributed by atoms with E-state index in [0.717, 1.165) is 12.0 Å². The quantitative estimate of drug-likeness (QED) is 0.800. The van der Waals surface area contributed by atoms with Crippen molar-refractivity contribution in [2.75, 3.05) is 0 Å². The van der Waals surface area contributed by atoms with Gasteiger partial charge in [-0.1, -0.05) is 12.1 Å². The van der Waals surface area contributed by atoms with Crippen molar-refractivity contribution in [3.8, 4) is 0 Å². The molecule has 0 bridgehead atoms. The lowest BCUT2D eigenvalue weighted by Gasteiger charge is -1.99. The van der Waals surface area contributed by atoms with Crippen molar-refractivity contribution >= 4 is 5.97 Å². The Hall–Kier alpha value is -2.03. The minimum Gasteiger partial charge on any atom is -0.478 e. The molecule has 3 nitrogen and oxygen atoms in total. The maximum Gasteiger partial charge on any atom is 0.335 e. The highest BCUT2D eigenvalue weighted by Crippen LogP contribution is 2.10. The molecule has 15 heavy (non-hydrogen) atoms. The number of H-pyrrole nitrogens is 1. The van der Waals surface area contributed by atoms with E-state index in [1.54, 1.807) is 12.1 Å². The van der Waals surface area contributed by atoms with Crippen molar-refractivity contribution in [1.29, 1.82) is 0 Å². The molecule has 1 aromatic carbocycles. The lowest BCUT2D eigenvalue weighted by molar-refractivity contribution is 0.0697. The zero-order chi connectivity index (χ0) is 10.7. The minimum atomic E-state index is -0.886. The van der Waals surface area contributed by atoms with Crippen molar-refractivity contribution in [3.63, 3.8) is 0 Å². The third-order valence-corrected chi connectivity index (χ3v) is 2.27. The zero-order valence-corrected chi connectivity index (χ0v) is 8.10. The van der Waals surface area contributed by atoms with Gasteiger partial charge in [-0.05, 0) is 35.7 Å². The summed E-state index contributed by atoms with van der Waals surface area (Å²) in [4.78, 5) is 13.6. The molecule has 0 aliphatic carbocycles. The van der Waals surface area contributed by atoms with Crippen molar-refractivity contribution in [1.82, 2.24) is 4.98 Å². The fourth-order valence-corrected chi connectivity index (χ4v) is 1.47. The first kappa shape index (κ1) is 9.52. The second-order valence-electron chi connectivity index (χ2n) is 3.40. The highest BCUT2D eigenvalue weighted by atomic mass is 16.4. The number of carboxylic acids is 1. The summed E-state index contributed by atoms with van der Waals surface area (Å²) in [6.07, 6.45) is 4.63. The van der Waals surface area contributed by atoms with Gasteiger partial charge < -0.3 is 10.1 Å². The fraction of sp³-hybridized carbons (Fsp3) is 0.0833. The Morgan fingerprint density at radius 1 is 1.13 bits per heavy atom. The monoisotopic (exact) mass is 201 g/mol. The van der Waals surface area contributed by atoms with Crippen molar-refractivity contribution in [3.05, 3.63) is 59.4 Å². The standard InChI is InChI=1S/C12H11NO2/c14-12(15)11-3-1-9(2-4-11)7-10-5-6-13-8-10/h1-6,8,13H,7H2,(H,14,15). The molecule has 0 spiro atoms. The molecule has 2 aromatic rings. The molecule has 0 saturated carbocycles. The van der Waals surface area contributed by atoms with Crippen LogP contribution in [-0.4, -0.2) is 16.1 Å². The van der Waals surface area contributed by atoms with Gasteiger partial charge in [-0.3, -0.25) is 0 Å². The summed E-state index contributed by atoms with van der Waals surface area (Å²) in [7, 11) is 0. The fourth-order valence-electron chi connectivity index (χ4n) is 1.47. The van der Waals surface area contributed by atoms with E-state index in [4.69, 9.17) is 5.11 Å². The molecule has 3 heteroatoms. The molecule has 0 amide bonds. The van der Waals surface area contributed by atoms with E-state index in [2.05, 4.69) is 4.98 Å².